The van der Waals surface area contributed by atoms with Crippen molar-refractivity contribution in [3.8, 4) is 5.75 Å². The van der Waals surface area contributed by atoms with Crippen molar-refractivity contribution in [2.45, 2.75) is 31.4 Å². The molecular weight excluding hydrogens is 546 g/mol. The van der Waals surface area contributed by atoms with Gasteiger partial charge in [-0.05, 0) is 53.6 Å². The Hall–Kier alpha value is -4.51. The zero-order chi connectivity index (χ0) is 30.0. The molecule has 0 heterocycles. The summed E-state index contributed by atoms with van der Waals surface area (Å²) in [4.78, 5) is 35.9. The number of ketones is 1. The zero-order valence-corrected chi connectivity index (χ0v) is 23.3. The maximum absolute atomic E-state index is 13.1. The number of phenolic OH excluding ortho intramolecular Hbond substituents is 1. The van der Waals surface area contributed by atoms with Gasteiger partial charge in [-0.1, -0.05) is 55.1 Å². The molecule has 4 N–H and O–H groups in total. The number of carbonyl (C=O) groups excluding carboxylic acids is 2. The predicted octanol–water partition coefficient (Wildman–Crippen LogP) is 3.71. The van der Waals surface area contributed by atoms with Crippen LogP contribution in [0, 0.1) is 16.0 Å². The highest BCUT2D eigenvalue weighted by molar-refractivity contribution is 7.90. The molecular formula is C30H33N3O7S. The van der Waals surface area contributed by atoms with Crippen LogP contribution in [0.3, 0.4) is 0 Å². The van der Waals surface area contributed by atoms with E-state index in [1.54, 1.807) is 12.1 Å². The van der Waals surface area contributed by atoms with Crippen LogP contribution in [0.4, 0.5) is 5.69 Å². The van der Waals surface area contributed by atoms with Crippen LogP contribution >= 0.6 is 0 Å². The molecule has 0 spiro atoms. The summed E-state index contributed by atoms with van der Waals surface area (Å²) in [6, 6.07) is 19.0. The van der Waals surface area contributed by atoms with Gasteiger partial charge in [0.2, 0.25) is 5.91 Å². The second kappa shape index (κ2) is 14.2. The van der Waals surface area contributed by atoms with Crippen molar-refractivity contribution in [1.29, 1.82) is 0 Å². The molecule has 0 saturated heterocycles. The summed E-state index contributed by atoms with van der Waals surface area (Å²) in [6.45, 7) is 3.46. The highest BCUT2D eigenvalue weighted by Crippen LogP contribution is 2.19. The van der Waals surface area contributed by atoms with E-state index in [9.17, 15) is 33.2 Å². The molecule has 0 bridgehead atoms. The normalized spacial score (nSPS) is 11.9. The van der Waals surface area contributed by atoms with Gasteiger partial charge in [-0.25, -0.2) is 8.42 Å². The van der Waals surface area contributed by atoms with Crippen molar-refractivity contribution in [1.82, 2.24) is 5.32 Å². The molecule has 0 fully saturated rings. The molecule has 0 radical (unpaired) electrons. The summed E-state index contributed by atoms with van der Waals surface area (Å²) in [6.07, 6.45) is 1.24. The number of aryl methyl sites for hydroxylation is 2. The van der Waals surface area contributed by atoms with Crippen LogP contribution in [0.2, 0.25) is 0 Å². The molecule has 10 nitrogen and oxygen atoms in total. The first-order valence-corrected chi connectivity index (χ1v) is 14.8. The van der Waals surface area contributed by atoms with E-state index in [-0.39, 0.29) is 42.4 Å². The lowest BCUT2D eigenvalue weighted by molar-refractivity contribution is -0.384. The number of nitro groups is 1. The van der Waals surface area contributed by atoms with Gasteiger partial charge < -0.3 is 16.2 Å². The van der Waals surface area contributed by atoms with E-state index in [0.29, 0.717) is 24.1 Å². The Morgan fingerprint density at radius 2 is 1.49 bits per heavy atom. The monoisotopic (exact) mass is 579 g/mol. The molecule has 0 aliphatic carbocycles. The highest BCUT2D eigenvalue weighted by atomic mass is 32.2. The van der Waals surface area contributed by atoms with Crippen molar-refractivity contribution in [2.75, 3.05) is 12.3 Å². The van der Waals surface area contributed by atoms with Gasteiger partial charge in [0.1, 0.15) is 5.75 Å². The number of nitrogens with two attached hydrogens (primary N) is 1. The largest absolute Gasteiger partial charge is 0.508 e. The quantitative estimate of drug-likeness (QED) is 0.181. The topological polar surface area (TPSA) is 170 Å². The molecule has 11 heteroatoms. The number of nitro benzene ring substituents is 1. The SMILES string of the molecule is C=C(N)c1ccc(CCC(=O)CNC(=O)[C@@H](CCc2ccc(O)cc2)CS(=O)(=O)Cc2ccc([N+](=O)[O-])cc2)cc1. The number of phenols is 1. The third kappa shape index (κ3) is 10.2. The molecule has 1 atom stereocenters. The molecule has 216 valence electrons. The predicted molar refractivity (Wildman–Crippen MR) is 157 cm³/mol. The van der Waals surface area contributed by atoms with Crippen LogP contribution in [0.1, 0.15) is 35.1 Å². The first-order valence-electron chi connectivity index (χ1n) is 13.0. The Morgan fingerprint density at radius 3 is 2.07 bits per heavy atom. The number of carbonyl (C=O) groups is 2. The van der Waals surface area contributed by atoms with Crippen molar-refractivity contribution < 1.29 is 28.0 Å². The maximum atomic E-state index is 13.1. The number of nitrogens with zero attached hydrogens (tertiary/aromatic N) is 1. The smallest absolute Gasteiger partial charge is 0.269 e. The summed E-state index contributed by atoms with van der Waals surface area (Å²) in [7, 11) is -3.79. The standard InChI is InChI=1S/C30H33N3O7S/c1-21(31)25-10-2-22(3-11-25)9-17-29(35)18-32-30(36)26(12-4-23-7-15-28(34)16-8-23)20-41(39,40)19-24-5-13-27(14-6-24)33(37)38/h2-3,5-8,10-11,13-16,26,34H,1,4,9,12,17-20,31H2,(H,32,36)/t26-/m0/s1. The summed E-state index contributed by atoms with van der Waals surface area (Å²) in [5.41, 5.74) is 8.88. The van der Waals surface area contributed by atoms with E-state index in [4.69, 9.17) is 5.73 Å². The van der Waals surface area contributed by atoms with E-state index < -0.39 is 32.3 Å². The van der Waals surface area contributed by atoms with E-state index >= 15 is 0 Å². The number of rotatable bonds is 15. The third-order valence-electron chi connectivity index (χ3n) is 6.55. The lowest BCUT2D eigenvalue weighted by Crippen LogP contribution is -2.38. The Kier molecular flexibility index (Phi) is 10.8. The lowest BCUT2D eigenvalue weighted by atomic mass is 10.00. The van der Waals surface area contributed by atoms with Crippen molar-refractivity contribution in [3.05, 3.63) is 112 Å². The minimum Gasteiger partial charge on any atom is -0.508 e. The average molecular weight is 580 g/mol. The maximum Gasteiger partial charge on any atom is 0.269 e. The molecule has 0 aromatic heterocycles. The van der Waals surface area contributed by atoms with Gasteiger partial charge in [0.25, 0.3) is 5.69 Å². The number of hydrogen-bond donors (Lipinski definition) is 3. The van der Waals surface area contributed by atoms with Crippen LogP contribution in [0.5, 0.6) is 5.75 Å². The number of aromatic hydroxyl groups is 1. The van der Waals surface area contributed by atoms with Crippen molar-refractivity contribution >= 4 is 32.9 Å². The molecule has 3 rings (SSSR count). The van der Waals surface area contributed by atoms with Crippen LogP contribution in [0.25, 0.3) is 5.70 Å². The molecule has 0 saturated carbocycles. The number of amides is 1. The average Bonchev–Trinajstić information content (AvgIpc) is 2.94. The molecule has 0 aliphatic rings. The van der Waals surface area contributed by atoms with Gasteiger partial charge in [0, 0.05) is 24.3 Å². The third-order valence-corrected chi connectivity index (χ3v) is 8.24. The lowest BCUT2D eigenvalue weighted by Gasteiger charge is -2.17. The Bertz CT molecular complexity index is 1480. The number of nitrogens with one attached hydrogen (secondary N) is 1. The van der Waals surface area contributed by atoms with E-state index in [2.05, 4.69) is 11.9 Å². The fraction of sp³-hybridized carbons (Fsp3) is 0.267. The van der Waals surface area contributed by atoms with Crippen LogP contribution in [0.15, 0.2) is 79.4 Å². The summed E-state index contributed by atoms with van der Waals surface area (Å²) in [5.74, 6) is -2.43. The minimum atomic E-state index is -3.79. The van der Waals surface area contributed by atoms with Crippen LogP contribution in [-0.2, 0) is 38.0 Å². The van der Waals surface area contributed by atoms with E-state index in [1.807, 2.05) is 24.3 Å². The first-order chi connectivity index (χ1) is 19.4. The Morgan fingerprint density at radius 1 is 0.927 bits per heavy atom. The van der Waals surface area contributed by atoms with E-state index in [0.717, 1.165) is 16.7 Å². The zero-order valence-electron chi connectivity index (χ0n) is 22.5. The van der Waals surface area contributed by atoms with Gasteiger partial charge >= 0.3 is 0 Å². The summed E-state index contributed by atoms with van der Waals surface area (Å²) < 4.78 is 26.1. The van der Waals surface area contributed by atoms with E-state index in [1.165, 1.54) is 36.4 Å². The molecule has 0 unspecified atom stereocenters. The Labute approximate surface area is 239 Å². The minimum absolute atomic E-state index is 0.0907. The van der Waals surface area contributed by atoms with Crippen molar-refractivity contribution in [3.63, 3.8) is 0 Å². The number of non-ortho nitro benzene ring substituents is 1. The van der Waals surface area contributed by atoms with Gasteiger partial charge in [-0.3, -0.25) is 19.7 Å². The summed E-state index contributed by atoms with van der Waals surface area (Å²) in [5, 5.41) is 23.0. The highest BCUT2D eigenvalue weighted by Gasteiger charge is 2.26. The fourth-order valence-electron chi connectivity index (χ4n) is 4.21. The molecule has 3 aromatic rings. The van der Waals surface area contributed by atoms with Gasteiger partial charge in [-0.2, -0.15) is 0 Å². The molecule has 41 heavy (non-hydrogen) atoms. The molecule has 1 amide bonds. The second-order valence-corrected chi connectivity index (χ2v) is 12.0. The van der Waals surface area contributed by atoms with Gasteiger partial charge in [0.15, 0.2) is 15.6 Å². The first kappa shape index (κ1) is 31.0. The molecule has 0 aliphatic heterocycles. The van der Waals surface area contributed by atoms with Gasteiger partial charge in [0.05, 0.1) is 28.9 Å². The van der Waals surface area contributed by atoms with Crippen LogP contribution in [-0.4, -0.2) is 42.4 Å². The number of benzene rings is 3. The van der Waals surface area contributed by atoms with Gasteiger partial charge in [-0.15, -0.1) is 0 Å². The second-order valence-electron chi connectivity index (χ2n) is 9.86. The summed E-state index contributed by atoms with van der Waals surface area (Å²) >= 11 is 0. The number of Topliss-reactive ketones (excluding diaryl/α,β-unsaturated/α-hetero) is 1. The number of hydrogen-bond acceptors (Lipinski definition) is 8. The fourth-order valence-corrected chi connectivity index (χ4v) is 5.96. The Balaban J connectivity index is 1.62. The number of sulfone groups is 1. The van der Waals surface area contributed by atoms with Crippen molar-refractivity contribution in [2.24, 2.45) is 11.7 Å². The van der Waals surface area contributed by atoms with Crippen LogP contribution < -0.4 is 11.1 Å². The molecule has 3 aromatic carbocycles.